The third-order valence-corrected chi connectivity index (χ3v) is 3.95. The normalized spacial score (nSPS) is 24.4. The maximum Gasteiger partial charge on any atom is 0.0172 e. The first-order chi connectivity index (χ1) is 6.68. The van der Waals surface area contributed by atoms with Crippen LogP contribution >= 0.6 is 11.8 Å². The van der Waals surface area contributed by atoms with Gasteiger partial charge in [-0.15, -0.1) is 0 Å². The molecule has 1 aliphatic heterocycles. The van der Waals surface area contributed by atoms with Gasteiger partial charge in [0.2, 0.25) is 0 Å². The molecule has 1 saturated heterocycles. The second kappa shape index (κ2) is 6.70. The van der Waals surface area contributed by atoms with Crippen molar-refractivity contribution in [2.45, 2.75) is 50.9 Å². The third kappa shape index (κ3) is 5.23. The minimum atomic E-state index is 0.596. The molecule has 1 heterocycles. The van der Waals surface area contributed by atoms with Crippen LogP contribution in [-0.4, -0.2) is 36.2 Å². The van der Waals surface area contributed by atoms with E-state index in [1.54, 1.807) is 0 Å². The fraction of sp³-hybridized carbons (Fsp3) is 1.00. The second-order valence-electron chi connectivity index (χ2n) is 4.51. The summed E-state index contributed by atoms with van der Waals surface area (Å²) in [6, 6.07) is 1.19. The molecule has 0 aromatic rings. The van der Waals surface area contributed by atoms with Crippen LogP contribution in [0.2, 0.25) is 0 Å². The topological polar surface area (TPSA) is 24.1 Å². The van der Waals surface area contributed by atoms with E-state index in [1.807, 2.05) is 0 Å². The standard InChI is InChI=1S/C11H24N2S/c1-9(2)12-7-10(3)13-8-11-5-4-6-14-11/h9-13H,4-8H2,1-3H3. The summed E-state index contributed by atoms with van der Waals surface area (Å²) < 4.78 is 0. The Kier molecular flexibility index (Phi) is 5.90. The Morgan fingerprint density at radius 3 is 2.64 bits per heavy atom. The van der Waals surface area contributed by atoms with Gasteiger partial charge in [0, 0.05) is 30.4 Å². The lowest BCUT2D eigenvalue weighted by atomic mass is 10.2. The lowest BCUT2D eigenvalue weighted by Gasteiger charge is -2.18. The smallest absolute Gasteiger partial charge is 0.0172 e. The van der Waals surface area contributed by atoms with Crippen LogP contribution in [-0.2, 0) is 0 Å². The van der Waals surface area contributed by atoms with Crippen molar-refractivity contribution in [1.29, 1.82) is 0 Å². The molecule has 0 bridgehead atoms. The molecule has 2 unspecified atom stereocenters. The highest BCUT2D eigenvalue weighted by molar-refractivity contribution is 8.00. The molecule has 0 spiro atoms. The molecule has 0 saturated carbocycles. The van der Waals surface area contributed by atoms with Crippen molar-refractivity contribution in [3.63, 3.8) is 0 Å². The van der Waals surface area contributed by atoms with E-state index in [2.05, 4.69) is 43.2 Å². The van der Waals surface area contributed by atoms with E-state index >= 15 is 0 Å². The molecule has 2 nitrogen and oxygen atoms in total. The summed E-state index contributed by atoms with van der Waals surface area (Å²) in [6.07, 6.45) is 2.82. The van der Waals surface area contributed by atoms with Gasteiger partial charge in [-0.1, -0.05) is 13.8 Å². The van der Waals surface area contributed by atoms with Crippen molar-refractivity contribution in [2.24, 2.45) is 0 Å². The summed E-state index contributed by atoms with van der Waals surface area (Å²) >= 11 is 2.13. The fourth-order valence-corrected chi connectivity index (χ4v) is 2.84. The summed E-state index contributed by atoms with van der Waals surface area (Å²) in [7, 11) is 0. The minimum Gasteiger partial charge on any atom is -0.313 e. The quantitative estimate of drug-likeness (QED) is 0.709. The first-order valence-electron chi connectivity index (χ1n) is 5.77. The van der Waals surface area contributed by atoms with Crippen LogP contribution in [0.15, 0.2) is 0 Å². The molecule has 1 aliphatic rings. The van der Waals surface area contributed by atoms with E-state index in [0.717, 1.165) is 11.8 Å². The van der Waals surface area contributed by atoms with E-state index in [-0.39, 0.29) is 0 Å². The van der Waals surface area contributed by atoms with Gasteiger partial charge in [-0.05, 0) is 25.5 Å². The summed E-state index contributed by atoms with van der Waals surface area (Å²) in [4.78, 5) is 0. The number of hydrogen-bond acceptors (Lipinski definition) is 3. The molecule has 3 heteroatoms. The number of rotatable bonds is 6. The molecule has 2 atom stereocenters. The molecule has 84 valence electrons. The van der Waals surface area contributed by atoms with Gasteiger partial charge in [0.05, 0.1) is 0 Å². The molecule has 0 aliphatic carbocycles. The Labute approximate surface area is 92.6 Å². The van der Waals surface area contributed by atoms with Crippen LogP contribution in [0, 0.1) is 0 Å². The number of nitrogens with one attached hydrogen (secondary N) is 2. The Morgan fingerprint density at radius 2 is 2.07 bits per heavy atom. The van der Waals surface area contributed by atoms with Crippen LogP contribution < -0.4 is 10.6 Å². The third-order valence-electron chi connectivity index (χ3n) is 2.55. The van der Waals surface area contributed by atoms with Gasteiger partial charge in [0.15, 0.2) is 0 Å². The van der Waals surface area contributed by atoms with Crippen molar-refractivity contribution in [3.05, 3.63) is 0 Å². The molecule has 0 amide bonds. The molecule has 0 aromatic carbocycles. The molecule has 14 heavy (non-hydrogen) atoms. The summed E-state index contributed by atoms with van der Waals surface area (Å²) in [5.74, 6) is 1.37. The Balaban J connectivity index is 1.99. The zero-order valence-electron chi connectivity index (χ0n) is 9.68. The van der Waals surface area contributed by atoms with E-state index in [1.165, 1.54) is 25.1 Å². The van der Waals surface area contributed by atoms with Crippen LogP contribution in [0.3, 0.4) is 0 Å². The number of thioether (sulfide) groups is 1. The monoisotopic (exact) mass is 216 g/mol. The second-order valence-corrected chi connectivity index (χ2v) is 5.92. The number of hydrogen-bond donors (Lipinski definition) is 2. The molecule has 0 aromatic heterocycles. The summed E-state index contributed by atoms with van der Waals surface area (Å²) in [5.41, 5.74) is 0. The molecule has 2 N–H and O–H groups in total. The molecular weight excluding hydrogens is 192 g/mol. The highest BCUT2D eigenvalue weighted by Gasteiger charge is 2.15. The lowest BCUT2D eigenvalue weighted by molar-refractivity contribution is 0.472. The molecule has 0 radical (unpaired) electrons. The van der Waals surface area contributed by atoms with E-state index in [0.29, 0.717) is 12.1 Å². The largest absolute Gasteiger partial charge is 0.313 e. The Bertz CT molecular complexity index is 144. The molecular formula is C11H24N2S. The predicted molar refractivity (Wildman–Crippen MR) is 66.1 cm³/mol. The van der Waals surface area contributed by atoms with Gasteiger partial charge >= 0.3 is 0 Å². The van der Waals surface area contributed by atoms with Crippen LogP contribution in [0.25, 0.3) is 0 Å². The molecule has 1 fully saturated rings. The van der Waals surface area contributed by atoms with Crippen LogP contribution in [0.1, 0.15) is 33.6 Å². The average Bonchev–Trinajstić information content (AvgIpc) is 2.63. The van der Waals surface area contributed by atoms with Crippen molar-refractivity contribution < 1.29 is 0 Å². The van der Waals surface area contributed by atoms with Crippen molar-refractivity contribution in [2.75, 3.05) is 18.8 Å². The zero-order valence-corrected chi connectivity index (χ0v) is 10.5. The SMILES string of the molecule is CC(C)NCC(C)NCC1CCCS1. The van der Waals surface area contributed by atoms with Crippen LogP contribution in [0.5, 0.6) is 0 Å². The first-order valence-corrected chi connectivity index (χ1v) is 6.81. The Hall–Kier alpha value is 0.270. The maximum absolute atomic E-state index is 3.60. The first kappa shape index (κ1) is 12.3. The van der Waals surface area contributed by atoms with Gasteiger partial charge < -0.3 is 10.6 Å². The summed E-state index contributed by atoms with van der Waals surface area (Å²) in [6.45, 7) is 8.91. The highest BCUT2D eigenvalue weighted by Crippen LogP contribution is 2.25. The van der Waals surface area contributed by atoms with Crippen molar-refractivity contribution in [1.82, 2.24) is 10.6 Å². The van der Waals surface area contributed by atoms with Gasteiger partial charge in [-0.25, -0.2) is 0 Å². The van der Waals surface area contributed by atoms with Crippen molar-refractivity contribution in [3.8, 4) is 0 Å². The van der Waals surface area contributed by atoms with Gasteiger partial charge in [-0.2, -0.15) is 11.8 Å². The molecule has 1 rings (SSSR count). The van der Waals surface area contributed by atoms with Crippen LogP contribution in [0.4, 0.5) is 0 Å². The highest BCUT2D eigenvalue weighted by atomic mass is 32.2. The Morgan fingerprint density at radius 1 is 1.29 bits per heavy atom. The lowest BCUT2D eigenvalue weighted by Crippen LogP contribution is -2.41. The summed E-state index contributed by atoms with van der Waals surface area (Å²) in [5, 5.41) is 7.92. The predicted octanol–water partition coefficient (Wildman–Crippen LogP) is 1.86. The van der Waals surface area contributed by atoms with Gasteiger partial charge in [0.1, 0.15) is 0 Å². The van der Waals surface area contributed by atoms with E-state index in [4.69, 9.17) is 0 Å². The minimum absolute atomic E-state index is 0.596. The van der Waals surface area contributed by atoms with Gasteiger partial charge in [0.25, 0.3) is 0 Å². The average molecular weight is 216 g/mol. The van der Waals surface area contributed by atoms with E-state index in [9.17, 15) is 0 Å². The fourth-order valence-electron chi connectivity index (χ4n) is 1.62. The van der Waals surface area contributed by atoms with Gasteiger partial charge in [-0.3, -0.25) is 0 Å². The van der Waals surface area contributed by atoms with E-state index < -0.39 is 0 Å². The van der Waals surface area contributed by atoms with Crippen molar-refractivity contribution >= 4 is 11.8 Å². The maximum atomic E-state index is 3.60. The zero-order chi connectivity index (χ0) is 10.4.